The Morgan fingerprint density at radius 1 is 1.43 bits per heavy atom. The van der Waals surface area contributed by atoms with Crippen molar-refractivity contribution in [2.75, 3.05) is 5.43 Å². The summed E-state index contributed by atoms with van der Waals surface area (Å²) in [6.45, 7) is 4.98. The standard InChI is InChI=1S/C13H16N6OS/c1-3-4-19-7-9(6-15-19)20-11-10-5-8(2)21-12(10)17-13(16-11)18-14/h5-7H,3-4,14H2,1-2H3,(H,16,17,18). The average molecular weight is 304 g/mol. The number of nitrogen functional groups attached to an aromatic ring is 1. The maximum Gasteiger partial charge on any atom is 0.241 e. The Kier molecular flexibility index (Phi) is 3.72. The van der Waals surface area contributed by atoms with Crippen LogP contribution in [0.1, 0.15) is 18.2 Å². The average Bonchev–Trinajstić information content (AvgIpc) is 3.05. The molecule has 7 nitrogen and oxygen atoms in total. The van der Waals surface area contributed by atoms with Crippen molar-refractivity contribution < 1.29 is 4.74 Å². The number of aryl methyl sites for hydroxylation is 2. The van der Waals surface area contributed by atoms with Gasteiger partial charge in [0.2, 0.25) is 11.8 Å². The van der Waals surface area contributed by atoms with Crippen molar-refractivity contribution >= 4 is 27.5 Å². The molecule has 0 aromatic carbocycles. The van der Waals surface area contributed by atoms with Crippen LogP contribution in [-0.4, -0.2) is 19.7 Å². The second kappa shape index (κ2) is 5.66. The first kappa shape index (κ1) is 13.8. The van der Waals surface area contributed by atoms with Crippen LogP contribution in [0.4, 0.5) is 5.95 Å². The van der Waals surface area contributed by atoms with Crippen LogP contribution < -0.4 is 16.0 Å². The van der Waals surface area contributed by atoms with E-state index in [2.05, 4.69) is 27.4 Å². The van der Waals surface area contributed by atoms with Crippen LogP contribution in [0.25, 0.3) is 10.2 Å². The first-order valence-electron chi connectivity index (χ1n) is 6.64. The van der Waals surface area contributed by atoms with Gasteiger partial charge in [0, 0.05) is 11.4 Å². The topological polar surface area (TPSA) is 90.9 Å². The summed E-state index contributed by atoms with van der Waals surface area (Å²) < 4.78 is 7.69. The van der Waals surface area contributed by atoms with E-state index in [-0.39, 0.29) is 0 Å². The van der Waals surface area contributed by atoms with E-state index in [1.165, 1.54) is 0 Å². The third-order valence-electron chi connectivity index (χ3n) is 2.89. The lowest BCUT2D eigenvalue weighted by molar-refractivity contribution is 0.467. The van der Waals surface area contributed by atoms with Gasteiger partial charge in [0.15, 0.2) is 5.75 Å². The molecule has 21 heavy (non-hydrogen) atoms. The van der Waals surface area contributed by atoms with E-state index < -0.39 is 0 Å². The lowest BCUT2D eigenvalue weighted by Crippen LogP contribution is -2.10. The van der Waals surface area contributed by atoms with Gasteiger partial charge in [-0.2, -0.15) is 10.1 Å². The summed E-state index contributed by atoms with van der Waals surface area (Å²) in [7, 11) is 0. The fourth-order valence-electron chi connectivity index (χ4n) is 2.02. The number of nitrogens with zero attached hydrogens (tertiary/aromatic N) is 4. The molecule has 0 radical (unpaired) electrons. The van der Waals surface area contributed by atoms with E-state index in [0.717, 1.165) is 28.1 Å². The van der Waals surface area contributed by atoms with Gasteiger partial charge in [-0.15, -0.1) is 11.3 Å². The smallest absolute Gasteiger partial charge is 0.241 e. The van der Waals surface area contributed by atoms with E-state index in [0.29, 0.717) is 17.6 Å². The van der Waals surface area contributed by atoms with E-state index in [9.17, 15) is 0 Å². The van der Waals surface area contributed by atoms with E-state index >= 15 is 0 Å². The van der Waals surface area contributed by atoms with Gasteiger partial charge in [-0.3, -0.25) is 10.1 Å². The van der Waals surface area contributed by atoms with E-state index in [4.69, 9.17) is 10.6 Å². The SMILES string of the molecule is CCCn1cc(Oc2nc(NN)nc3sc(C)cc23)cn1. The summed E-state index contributed by atoms with van der Waals surface area (Å²) in [4.78, 5) is 10.6. The number of thiophene rings is 1. The number of hydrogen-bond donors (Lipinski definition) is 2. The third-order valence-corrected chi connectivity index (χ3v) is 3.83. The highest BCUT2D eigenvalue weighted by molar-refractivity contribution is 7.18. The highest BCUT2D eigenvalue weighted by Gasteiger charge is 2.13. The van der Waals surface area contributed by atoms with Gasteiger partial charge in [-0.05, 0) is 19.4 Å². The van der Waals surface area contributed by atoms with Crippen LogP contribution in [0.5, 0.6) is 11.6 Å². The molecule has 3 heterocycles. The lowest BCUT2D eigenvalue weighted by atomic mass is 10.3. The molecule has 110 valence electrons. The molecule has 0 aliphatic rings. The quantitative estimate of drug-likeness (QED) is 0.556. The number of hydrazine groups is 1. The molecule has 0 fully saturated rings. The molecular formula is C13H16N6OS. The molecule has 0 bridgehead atoms. The number of nitrogens with one attached hydrogen (secondary N) is 1. The maximum atomic E-state index is 5.85. The van der Waals surface area contributed by atoms with E-state index in [1.54, 1.807) is 17.5 Å². The number of ether oxygens (including phenoxy) is 1. The Morgan fingerprint density at radius 3 is 3.05 bits per heavy atom. The minimum absolute atomic E-state index is 0.334. The number of anilines is 1. The molecular weight excluding hydrogens is 288 g/mol. The van der Waals surface area contributed by atoms with Crippen molar-refractivity contribution in [1.82, 2.24) is 19.7 Å². The predicted molar refractivity (Wildman–Crippen MR) is 82.6 cm³/mol. The summed E-state index contributed by atoms with van der Waals surface area (Å²) in [6.07, 6.45) is 4.55. The Balaban J connectivity index is 1.97. The third kappa shape index (κ3) is 2.81. The van der Waals surface area contributed by atoms with Gasteiger partial charge in [-0.1, -0.05) is 6.92 Å². The summed E-state index contributed by atoms with van der Waals surface area (Å²) in [5.74, 6) is 6.87. The minimum Gasteiger partial charge on any atom is -0.435 e. The molecule has 3 rings (SSSR count). The number of aromatic nitrogens is 4. The molecule has 3 N–H and O–H groups in total. The van der Waals surface area contributed by atoms with Crippen molar-refractivity contribution in [3.63, 3.8) is 0 Å². The predicted octanol–water partition coefficient (Wildman–Crippen LogP) is 2.68. The van der Waals surface area contributed by atoms with Crippen LogP contribution in [0.15, 0.2) is 18.5 Å². The highest BCUT2D eigenvalue weighted by atomic mass is 32.1. The Labute approximate surface area is 125 Å². The van der Waals surface area contributed by atoms with Crippen molar-refractivity contribution in [2.45, 2.75) is 26.8 Å². The molecule has 0 amide bonds. The molecule has 0 aliphatic carbocycles. The van der Waals surface area contributed by atoms with Crippen molar-refractivity contribution in [1.29, 1.82) is 0 Å². The summed E-state index contributed by atoms with van der Waals surface area (Å²) in [5, 5.41) is 5.12. The molecule has 3 aromatic rings. The van der Waals surface area contributed by atoms with Gasteiger partial charge >= 0.3 is 0 Å². The lowest BCUT2D eigenvalue weighted by Gasteiger charge is -2.05. The molecule has 0 saturated heterocycles. The van der Waals surface area contributed by atoms with Crippen LogP contribution in [-0.2, 0) is 6.54 Å². The van der Waals surface area contributed by atoms with Gasteiger partial charge in [0.1, 0.15) is 4.83 Å². The van der Waals surface area contributed by atoms with Crippen LogP contribution in [0.3, 0.4) is 0 Å². The first-order valence-corrected chi connectivity index (χ1v) is 7.46. The zero-order valence-corrected chi connectivity index (χ0v) is 12.6. The van der Waals surface area contributed by atoms with Crippen LogP contribution >= 0.6 is 11.3 Å². The fraction of sp³-hybridized carbons (Fsp3) is 0.308. The summed E-state index contributed by atoms with van der Waals surface area (Å²) >= 11 is 1.57. The van der Waals surface area contributed by atoms with Crippen molar-refractivity contribution in [2.24, 2.45) is 5.84 Å². The number of hydrogen-bond acceptors (Lipinski definition) is 7. The molecule has 0 spiro atoms. The molecule has 0 aliphatic heterocycles. The van der Waals surface area contributed by atoms with Crippen LogP contribution in [0.2, 0.25) is 0 Å². The van der Waals surface area contributed by atoms with Crippen LogP contribution in [0, 0.1) is 6.92 Å². The zero-order valence-electron chi connectivity index (χ0n) is 11.8. The second-order valence-electron chi connectivity index (χ2n) is 4.61. The number of nitrogens with two attached hydrogens (primary N) is 1. The minimum atomic E-state index is 0.334. The fourth-order valence-corrected chi connectivity index (χ4v) is 2.89. The monoisotopic (exact) mass is 304 g/mol. The maximum absolute atomic E-state index is 5.85. The molecule has 0 unspecified atom stereocenters. The van der Waals surface area contributed by atoms with Gasteiger partial charge in [0.05, 0.1) is 17.8 Å². The molecule has 3 aromatic heterocycles. The highest BCUT2D eigenvalue weighted by Crippen LogP contribution is 2.33. The number of rotatable bonds is 5. The van der Waals surface area contributed by atoms with E-state index in [1.807, 2.05) is 23.9 Å². The second-order valence-corrected chi connectivity index (χ2v) is 5.85. The molecule has 8 heteroatoms. The van der Waals surface area contributed by atoms with Gasteiger partial charge in [0.25, 0.3) is 0 Å². The summed E-state index contributed by atoms with van der Waals surface area (Å²) in [6, 6.07) is 2.01. The molecule has 0 atom stereocenters. The number of fused-ring (bicyclic) bond motifs is 1. The Bertz CT molecular complexity index is 765. The normalized spacial score (nSPS) is 11.0. The Morgan fingerprint density at radius 2 is 2.29 bits per heavy atom. The van der Waals surface area contributed by atoms with Crippen molar-refractivity contribution in [3.05, 3.63) is 23.3 Å². The van der Waals surface area contributed by atoms with Gasteiger partial charge < -0.3 is 4.74 Å². The van der Waals surface area contributed by atoms with Crippen molar-refractivity contribution in [3.8, 4) is 11.6 Å². The van der Waals surface area contributed by atoms with Gasteiger partial charge in [-0.25, -0.2) is 10.8 Å². The molecule has 0 saturated carbocycles. The first-order chi connectivity index (χ1) is 10.2. The largest absolute Gasteiger partial charge is 0.435 e. The summed E-state index contributed by atoms with van der Waals surface area (Å²) in [5.41, 5.74) is 2.46. The Hall–Kier alpha value is -2.19. The zero-order chi connectivity index (χ0) is 14.8.